The van der Waals surface area contributed by atoms with Crippen LogP contribution in [-0.4, -0.2) is 12.1 Å². The third-order valence-electron chi connectivity index (χ3n) is 3.15. The average molecular weight is 245 g/mol. The molecular formula is C13H15N3O2. The lowest BCUT2D eigenvalue weighted by molar-refractivity contribution is -0.147. The Hall–Kier alpha value is -2.00. The molecule has 2 atom stereocenters. The van der Waals surface area contributed by atoms with Crippen molar-refractivity contribution in [2.24, 2.45) is 5.11 Å². The molecule has 0 fully saturated rings. The van der Waals surface area contributed by atoms with Crippen LogP contribution < -0.4 is 0 Å². The highest BCUT2D eigenvalue weighted by Gasteiger charge is 2.28. The molecule has 0 heterocycles. The van der Waals surface area contributed by atoms with E-state index in [-0.39, 0.29) is 12.1 Å². The van der Waals surface area contributed by atoms with Crippen LogP contribution >= 0.6 is 0 Å². The van der Waals surface area contributed by atoms with E-state index in [1.54, 1.807) is 0 Å². The maximum absolute atomic E-state index is 11.1. The molecule has 0 N–H and O–H groups in total. The topological polar surface area (TPSA) is 75.1 Å². The molecule has 1 aromatic carbocycles. The van der Waals surface area contributed by atoms with Gasteiger partial charge in [0.1, 0.15) is 6.10 Å². The lowest BCUT2D eigenvalue weighted by Crippen LogP contribution is -2.22. The summed E-state index contributed by atoms with van der Waals surface area (Å²) in [6, 6.07) is 7.44. The molecule has 0 spiro atoms. The van der Waals surface area contributed by atoms with Gasteiger partial charge in [-0.05, 0) is 35.9 Å². The van der Waals surface area contributed by atoms with Crippen molar-refractivity contribution in [1.29, 1.82) is 0 Å². The molecule has 5 nitrogen and oxygen atoms in total. The summed E-state index contributed by atoms with van der Waals surface area (Å²) in [5, 5.41) is 3.82. The van der Waals surface area contributed by atoms with Crippen molar-refractivity contribution in [3.05, 3.63) is 45.8 Å². The number of hydrogen-bond acceptors (Lipinski definition) is 3. The minimum absolute atomic E-state index is 0.336. The number of carbonyl (C=O) groups excluding carboxylic acids is 1. The highest BCUT2D eigenvalue weighted by Crippen LogP contribution is 2.33. The number of aryl methyl sites for hydroxylation is 1. The molecule has 18 heavy (non-hydrogen) atoms. The van der Waals surface area contributed by atoms with Crippen LogP contribution in [0.15, 0.2) is 29.4 Å². The number of carbonyl (C=O) groups is 1. The molecule has 2 rings (SSSR count). The van der Waals surface area contributed by atoms with Crippen molar-refractivity contribution >= 4 is 5.97 Å². The van der Waals surface area contributed by atoms with Gasteiger partial charge in [-0.25, -0.2) is 0 Å². The molecule has 94 valence electrons. The molecule has 1 aliphatic carbocycles. The molecule has 0 aromatic heterocycles. The number of benzene rings is 1. The van der Waals surface area contributed by atoms with Crippen LogP contribution in [0.4, 0.5) is 0 Å². The van der Waals surface area contributed by atoms with Crippen LogP contribution in [0.5, 0.6) is 0 Å². The minimum atomic E-state index is -0.419. The van der Waals surface area contributed by atoms with Crippen molar-refractivity contribution in [1.82, 2.24) is 0 Å². The number of hydrogen-bond donors (Lipinski definition) is 0. The summed E-state index contributed by atoms with van der Waals surface area (Å²) >= 11 is 0. The van der Waals surface area contributed by atoms with E-state index in [0.29, 0.717) is 0 Å². The van der Waals surface area contributed by atoms with E-state index in [0.717, 1.165) is 24.8 Å². The minimum Gasteiger partial charge on any atom is -0.462 e. The zero-order chi connectivity index (χ0) is 13.0. The van der Waals surface area contributed by atoms with Gasteiger partial charge in [-0.1, -0.05) is 29.4 Å². The Morgan fingerprint density at radius 3 is 3.00 bits per heavy atom. The monoisotopic (exact) mass is 245 g/mol. The van der Waals surface area contributed by atoms with E-state index in [1.165, 1.54) is 12.5 Å². The van der Waals surface area contributed by atoms with E-state index < -0.39 is 6.04 Å². The fraction of sp³-hybridized carbons (Fsp3) is 0.462. The summed E-state index contributed by atoms with van der Waals surface area (Å²) in [5.74, 6) is -0.336. The van der Waals surface area contributed by atoms with E-state index in [2.05, 4.69) is 10.0 Å². The summed E-state index contributed by atoms with van der Waals surface area (Å²) < 4.78 is 5.29. The Bertz CT molecular complexity index is 495. The summed E-state index contributed by atoms with van der Waals surface area (Å²) in [6.07, 6.45) is 2.21. The molecule has 0 bridgehead atoms. The summed E-state index contributed by atoms with van der Waals surface area (Å²) in [6.45, 7) is 1.38. The smallest absolute Gasteiger partial charge is 0.302 e. The molecule has 0 amide bonds. The number of ether oxygens (including phenoxy) is 1. The fourth-order valence-electron chi connectivity index (χ4n) is 2.43. The zero-order valence-corrected chi connectivity index (χ0v) is 10.2. The molecule has 0 saturated heterocycles. The third-order valence-corrected chi connectivity index (χ3v) is 3.15. The maximum Gasteiger partial charge on any atom is 0.302 e. The fourth-order valence-corrected chi connectivity index (χ4v) is 2.43. The van der Waals surface area contributed by atoms with Crippen LogP contribution in [0, 0.1) is 0 Å². The lowest BCUT2D eigenvalue weighted by atomic mass is 9.98. The van der Waals surface area contributed by atoms with Gasteiger partial charge in [0.15, 0.2) is 0 Å². The zero-order valence-electron chi connectivity index (χ0n) is 10.2. The maximum atomic E-state index is 11.1. The van der Waals surface area contributed by atoms with Gasteiger partial charge < -0.3 is 4.74 Å². The summed E-state index contributed by atoms with van der Waals surface area (Å²) in [5.41, 5.74) is 10.8. The molecule has 5 heteroatoms. The largest absolute Gasteiger partial charge is 0.462 e. The quantitative estimate of drug-likeness (QED) is 0.263. The van der Waals surface area contributed by atoms with E-state index in [1.807, 2.05) is 24.3 Å². The first-order valence-corrected chi connectivity index (χ1v) is 6.01. The SMILES string of the molecule is CC(=O)O[C@H]1CCCc2ccccc2[C@H]1N=[N+]=[N-]. The predicted molar refractivity (Wildman–Crippen MR) is 66.8 cm³/mol. The van der Waals surface area contributed by atoms with Crippen LogP contribution in [0.3, 0.4) is 0 Å². The van der Waals surface area contributed by atoms with Gasteiger partial charge in [0.2, 0.25) is 0 Å². The van der Waals surface area contributed by atoms with Crippen LogP contribution in [0.1, 0.15) is 36.9 Å². The van der Waals surface area contributed by atoms with Gasteiger partial charge in [0.25, 0.3) is 0 Å². The summed E-state index contributed by atoms with van der Waals surface area (Å²) in [7, 11) is 0. The molecule has 1 aliphatic rings. The molecule has 1 aromatic rings. The van der Waals surface area contributed by atoms with E-state index in [9.17, 15) is 4.79 Å². The number of azide groups is 1. The molecular weight excluding hydrogens is 230 g/mol. The average Bonchev–Trinajstić information content (AvgIpc) is 2.50. The number of esters is 1. The van der Waals surface area contributed by atoms with Crippen LogP contribution in [0.2, 0.25) is 0 Å². The third kappa shape index (κ3) is 2.63. The molecule has 0 radical (unpaired) electrons. The van der Waals surface area contributed by atoms with Crippen molar-refractivity contribution in [3.63, 3.8) is 0 Å². The highest BCUT2D eigenvalue weighted by atomic mass is 16.5. The number of rotatable bonds is 2. The Morgan fingerprint density at radius 2 is 2.28 bits per heavy atom. The standard InChI is InChI=1S/C13H15N3O2/c1-9(17)18-12-8-4-6-10-5-2-3-7-11(10)13(12)15-16-14/h2-3,5,7,12-13H,4,6,8H2,1H3/t12-,13+/m0/s1. The second-order valence-electron chi connectivity index (χ2n) is 4.39. The van der Waals surface area contributed by atoms with E-state index >= 15 is 0 Å². The Morgan fingerprint density at radius 1 is 1.50 bits per heavy atom. The first kappa shape index (κ1) is 12.5. The van der Waals surface area contributed by atoms with Crippen molar-refractivity contribution in [2.45, 2.75) is 38.3 Å². The second-order valence-corrected chi connectivity index (χ2v) is 4.39. The Labute approximate surface area is 105 Å². The van der Waals surface area contributed by atoms with Gasteiger partial charge in [-0.3, -0.25) is 4.79 Å². The first-order chi connectivity index (χ1) is 8.72. The Kier molecular flexibility index (Phi) is 3.85. The summed E-state index contributed by atoms with van der Waals surface area (Å²) in [4.78, 5) is 14.0. The molecule has 0 saturated carbocycles. The van der Waals surface area contributed by atoms with Gasteiger partial charge in [0, 0.05) is 11.8 Å². The van der Waals surface area contributed by atoms with Crippen molar-refractivity contribution < 1.29 is 9.53 Å². The van der Waals surface area contributed by atoms with Crippen LogP contribution in [-0.2, 0) is 16.0 Å². The van der Waals surface area contributed by atoms with Crippen molar-refractivity contribution in [2.75, 3.05) is 0 Å². The van der Waals surface area contributed by atoms with Crippen molar-refractivity contribution in [3.8, 4) is 0 Å². The van der Waals surface area contributed by atoms with Gasteiger partial charge >= 0.3 is 5.97 Å². The van der Waals surface area contributed by atoms with E-state index in [4.69, 9.17) is 10.3 Å². The highest BCUT2D eigenvalue weighted by molar-refractivity contribution is 5.66. The normalized spacial score (nSPS) is 22.3. The van der Waals surface area contributed by atoms with Crippen LogP contribution in [0.25, 0.3) is 10.4 Å². The molecule has 0 aliphatic heterocycles. The number of nitrogens with zero attached hydrogens (tertiary/aromatic N) is 3. The van der Waals surface area contributed by atoms with Gasteiger partial charge in [-0.15, -0.1) is 0 Å². The number of fused-ring (bicyclic) bond motifs is 1. The molecule has 0 unspecified atom stereocenters. The predicted octanol–water partition coefficient (Wildman–Crippen LogP) is 3.31. The van der Waals surface area contributed by atoms with Gasteiger partial charge in [-0.2, -0.15) is 0 Å². The first-order valence-electron chi connectivity index (χ1n) is 6.01. The second kappa shape index (κ2) is 5.56. The van der Waals surface area contributed by atoms with Gasteiger partial charge in [0.05, 0.1) is 6.04 Å². The lowest BCUT2D eigenvalue weighted by Gasteiger charge is -2.22. The Balaban J connectivity index is 2.39.